The number of ether oxygens (including phenoxy) is 1. The second kappa shape index (κ2) is 6.35. The van der Waals surface area contributed by atoms with Gasteiger partial charge < -0.3 is 14.3 Å². The Labute approximate surface area is 151 Å². The van der Waals surface area contributed by atoms with E-state index in [0.717, 1.165) is 12.1 Å². The van der Waals surface area contributed by atoms with Crippen LogP contribution in [-0.2, 0) is 6.18 Å². The third kappa shape index (κ3) is 3.57. The van der Waals surface area contributed by atoms with E-state index < -0.39 is 11.7 Å². The van der Waals surface area contributed by atoms with Gasteiger partial charge in [-0.1, -0.05) is 0 Å². The molecule has 136 valence electrons. The van der Waals surface area contributed by atoms with Crippen molar-refractivity contribution in [1.29, 1.82) is 0 Å². The lowest BCUT2D eigenvalue weighted by Crippen LogP contribution is -2.03. The van der Waals surface area contributed by atoms with Crippen molar-refractivity contribution in [1.82, 2.24) is 4.98 Å². The van der Waals surface area contributed by atoms with Crippen LogP contribution in [-0.4, -0.2) is 10.1 Å². The number of nitrogens with zero attached hydrogens (tertiary/aromatic N) is 1. The molecule has 1 aromatic heterocycles. The maximum atomic E-state index is 12.6. The van der Waals surface area contributed by atoms with Gasteiger partial charge in [0.1, 0.15) is 22.8 Å². The Hall–Kier alpha value is -3.48. The smallest absolute Gasteiger partial charge is 0.416 e. The Morgan fingerprint density at radius 1 is 0.852 bits per heavy atom. The summed E-state index contributed by atoms with van der Waals surface area (Å²) in [4.78, 5) is 4.38. The van der Waals surface area contributed by atoms with Crippen molar-refractivity contribution in [2.75, 3.05) is 0 Å². The quantitative estimate of drug-likeness (QED) is 0.479. The van der Waals surface area contributed by atoms with Crippen LogP contribution in [0, 0.1) is 0 Å². The summed E-state index contributed by atoms with van der Waals surface area (Å²) < 4.78 is 49.1. The van der Waals surface area contributed by atoms with E-state index in [4.69, 9.17) is 9.15 Å². The van der Waals surface area contributed by atoms with Crippen molar-refractivity contribution < 1.29 is 27.4 Å². The highest BCUT2D eigenvalue weighted by Gasteiger charge is 2.30. The van der Waals surface area contributed by atoms with Crippen molar-refractivity contribution in [2.24, 2.45) is 0 Å². The van der Waals surface area contributed by atoms with Crippen molar-refractivity contribution in [3.8, 4) is 28.7 Å². The number of aromatic hydroxyl groups is 1. The van der Waals surface area contributed by atoms with E-state index in [9.17, 15) is 18.3 Å². The van der Waals surface area contributed by atoms with Gasteiger partial charge in [-0.3, -0.25) is 0 Å². The van der Waals surface area contributed by atoms with E-state index in [-0.39, 0.29) is 11.5 Å². The first-order chi connectivity index (χ1) is 12.9. The van der Waals surface area contributed by atoms with Gasteiger partial charge >= 0.3 is 6.18 Å². The molecule has 27 heavy (non-hydrogen) atoms. The summed E-state index contributed by atoms with van der Waals surface area (Å²) in [6.45, 7) is 0. The molecule has 0 aliphatic heterocycles. The first kappa shape index (κ1) is 17.0. The van der Waals surface area contributed by atoms with E-state index in [0.29, 0.717) is 28.3 Å². The normalized spacial score (nSPS) is 11.7. The number of aromatic nitrogens is 1. The van der Waals surface area contributed by atoms with Gasteiger partial charge in [-0.25, -0.2) is 4.98 Å². The average Bonchev–Trinajstić information content (AvgIpc) is 3.05. The molecule has 0 fully saturated rings. The molecule has 0 atom stereocenters. The van der Waals surface area contributed by atoms with Gasteiger partial charge in [-0.15, -0.1) is 0 Å². The molecule has 0 spiro atoms. The van der Waals surface area contributed by atoms with Gasteiger partial charge in [0.15, 0.2) is 5.58 Å². The van der Waals surface area contributed by atoms with Crippen LogP contribution in [0.4, 0.5) is 13.2 Å². The number of hydrogen-bond donors (Lipinski definition) is 1. The highest BCUT2D eigenvalue weighted by molar-refractivity contribution is 5.77. The number of alkyl halides is 3. The van der Waals surface area contributed by atoms with Gasteiger partial charge in [-0.05, 0) is 60.7 Å². The lowest BCUT2D eigenvalue weighted by Gasteiger charge is -2.08. The maximum absolute atomic E-state index is 12.6. The minimum atomic E-state index is -4.39. The van der Waals surface area contributed by atoms with Crippen LogP contribution >= 0.6 is 0 Å². The molecule has 4 nitrogen and oxygen atoms in total. The van der Waals surface area contributed by atoms with Crippen molar-refractivity contribution in [2.45, 2.75) is 6.18 Å². The zero-order valence-corrected chi connectivity index (χ0v) is 13.7. The molecule has 3 aromatic carbocycles. The fourth-order valence-corrected chi connectivity index (χ4v) is 2.55. The molecular formula is C20H12F3NO3. The molecule has 0 bridgehead atoms. The standard InChI is InChI=1S/C20H12F3NO3/c21-20(22,23)13-3-7-15(8-4-13)26-16-9-10-18-17(11-16)24-19(27-18)12-1-5-14(25)6-2-12/h1-11,25H. The topological polar surface area (TPSA) is 55.5 Å². The highest BCUT2D eigenvalue weighted by atomic mass is 19.4. The number of fused-ring (bicyclic) bond motifs is 1. The lowest BCUT2D eigenvalue weighted by molar-refractivity contribution is -0.137. The molecule has 0 radical (unpaired) electrons. The van der Waals surface area contributed by atoms with Gasteiger partial charge in [-0.2, -0.15) is 13.2 Å². The molecule has 1 heterocycles. The Balaban J connectivity index is 1.59. The summed E-state index contributed by atoms with van der Waals surface area (Å²) in [7, 11) is 0. The Morgan fingerprint density at radius 2 is 1.52 bits per heavy atom. The fraction of sp³-hybridized carbons (Fsp3) is 0.0500. The van der Waals surface area contributed by atoms with E-state index in [1.165, 1.54) is 24.3 Å². The lowest BCUT2D eigenvalue weighted by atomic mass is 10.2. The van der Waals surface area contributed by atoms with Gasteiger partial charge in [0.2, 0.25) is 5.89 Å². The van der Waals surface area contributed by atoms with E-state index in [1.807, 2.05) is 0 Å². The molecule has 4 rings (SSSR count). The number of benzene rings is 3. The molecule has 4 aromatic rings. The Bertz CT molecular complexity index is 1080. The molecule has 0 aliphatic carbocycles. The summed E-state index contributed by atoms with van der Waals surface area (Å²) >= 11 is 0. The highest BCUT2D eigenvalue weighted by Crippen LogP contribution is 2.33. The predicted molar refractivity (Wildman–Crippen MR) is 92.6 cm³/mol. The summed E-state index contributed by atoms with van der Waals surface area (Å²) in [6.07, 6.45) is -4.39. The van der Waals surface area contributed by atoms with Crippen molar-refractivity contribution in [3.05, 3.63) is 72.3 Å². The minimum Gasteiger partial charge on any atom is -0.508 e. The van der Waals surface area contributed by atoms with Crippen LogP contribution in [0.15, 0.2) is 71.1 Å². The molecule has 0 saturated heterocycles. The average molecular weight is 371 g/mol. The van der Waals surface area contributed by atoms with E-state index >= 15 is 0 Å². The molecule has 1 N–H and O–H groups in total. The summed E-state index contributed by atoms with van der Waals surface area (Å²) in [5.74, 6) is 1.23. The SMILES string of the molecule is Oc1ccc(-c2nc3cc(Oc4ccc(C(F)(F)F)cc4)ccc3o2)cc1. The van der Waals surface area contributed by atoms with Gasteiger partial charge in [0.05, 0.1) is 5.56 Å². The molecule has 0 amide bonds. The number of hydrogen-bond acceptors (Lipinski definition) is 4. The van der Waals surface area contributed by atoms with Crippen LogP contribution in [0.1, 0.15) is 5.56 Å². The van der Waals surface area contributed by atoms with Crippen LogP contribution in [0.5, 0.6) is 17.2 Å². The maximum Gasteiger partial charge on any atom is 0.416 e. The number of rotatable bonds is 3. The van der Waals surface area contributed by atoms with Gasteiger partial charge in [0.25, 0.3) is 0 Å². The number of phenols is 1. The van der Waals surface area contributed by atoms with E-state index in [1.54, 1.807) is 30.3 Å². The van der Waals surface area contributed by atoms with Crippen molar-refractivity contribution >= 4 is 11.1 Å². The van der Waals surface area contributed by atoms with Crippen LogP contribution < -0.4 is 4.74 Å². The van der Waals surface area contributed by atoms with Crippen LogP contribution in [0.25, 0.3) is 22.6 Å². The Kier molecular flexibility index (Phi) is 3.99. The Morgan fingerprint density at radius 3 is 2.19 bits per heavy atom. The molecule has 0 saturated carbocycles. The second-order valence-corrected chi connectivity index (χ2v) is 5.82. The van der Waals surface area contributed by atoms with E-state index in [2.05, 4.69) is 4.98 Å². The first-order valence-corrected chi connectivity index (χ1v) is 7.94. The summed E-state index contributed by atoms with van der Waals surface area (Å²) in [5, 5.41) is 9.35. The molecule has 0 unspecified atom stereocenters. The van der Waals surface area contributed by atoms with Crippen LogP contribution in [0.3, 0.4) is 0 Å². The third-order valence-electron chi connectivity index (χ3n) is 3.89. The molecule has 7 heteroatoms. The molecule has 0 aliphatic rings. The molecular weight excluding hydrogens is 359 g/mol. The zero-order chi connectivity index (χ0) is 19.0. The first-order valence-electron chi connectivity index (χ1n) is 7.94. The summed E-state index contributed by atoms with van der Waals surface area (Å²) in [6, 6.07) is 15.8. The zero-order valence-electron chi connectivity index (χ0n) is 13.7. The van der Waals surface area contributed by atoms with Crippen LogP contribution in [0.2, 0.25) is 0 Å². The third-order valence-corrected chi connectivity index (χ3v) is 3.89. The van der Waals surface area contributed by atoms with Gasteiger partial charge in [0, 0.05) is 11.6 Å². The minimum absolute atomic E-state index is 0.141. The largest absolute Gasteiger partial charge is 0.508 e. The monoisotopic (exact) mass is 371 g/mol. The number of phenolic OH excluding ortho intramolecular Hbond substituents is 1. The predicted octanol–water partition coefficient (Wildman–Crippen LogP) is 6.01. The number of oxazole rings is 1. The van der Waals surface area contributed by atoms with Crippen molar-refractivity contribution in [3.63, 3.8) is 0 Å². The second-order valence-electron chi connectivity index (χ2n) is 5.82. The fourth-order valence-electron chi connectivity index (χ4n) is 2.55. The number of halogens is 3. The summed E-state index contributed by atoms with van der Waals surface area (Å²) in [5.41, 5.74) is 1.05.